The summed E-state index contributed by atoms with van der Waals surface area (Å²) in [6.07, 6.45) is 0. The Kier molecular flexibility index (Phi) is 2.71. The van der Waals surface area contributed by atoms with Crippen molar-refractivity contribution in [1.82, 2.24) is 4.90 Å². The number of hydrogen-bond acceptors (Lipinski definition) is 2. The largest absolute Gasteiger partial charge is 0.508 e. The van der Waals surface area contributed by atoms with Crippen LogP contribution in [0.3, 0.4) is 0 Å². The number of hydrogen-bond donors (Lipinski definition) is 1. The van der Waals surface area contributed by atoms with E-state index in [1.807, 2.05) is 26.2 Å². The third kappa shape index (κ3) is 1.98. The van der Waals surface area contributed by atoms with Gasteiger partial charge in [-0.05, 0) is 38.7 Å². The molecule has 0 heterocycles. The summed E-state index contributed by atoms with van der Waals surface area (Å²) in [4.78, 5) is 2.11. The van der Waals surface area contributed by atoms with Crippen molar-refractivity contribution < 1.29 is 5.11 Å². The molecule has 0 saturated heterocycles. The fourth-order valence-electron chi connectivity index (χ4n) is 1.08. The third-order valence-corrected chi connectivity index (χ3v) is 2.13. The molecule has 0 amide bonds. The molecule has 0 bridgehead atoms. The van der Waals surface area contributed by atoms with Gasteiger partial charge in [0.25, 0.3) is 0 Å². The maximum Gasteiger partial charge on any atom is 0.115 e. The Labute approximate surface area is 73.4 Å². The Morgan fingerprint density at radius 3 is 2.50 bits per heavy atom. The van der Waals surface area contributed by atoms with Crippen LogP contribution in [-0.4, -0.2) is 24.1 Å². The summed E-state index contributed by atoms with van der Waals surface area (Å²) in [5, 5.41) is 9.23. The maximum absolute atomic E-state index is 9.23. The van der Waals surface area contributed by atoms with Gasteiger partial charge in [-0.2, -0.15) is 0 Å². The molecule has 0 aliphatic heterocycles. The molecule has 1 atom stereocenters. The van der Waals surface area contributed by atoms with E-state index in [0.29, 0.717) is 11.8 Å². The summed E-state index contributed by atoms with van der Waals surface area (Å²) in [7, 11) is 4.05. The predicted octanol–water partition coefficient (Wildman–Crippen LogP) is 2.01. The highest BCUT2D eigenvalue weighted by Crippen LogP contribution is 2.20. The van der Waals surface area contributed by atoms with E-state index in [1.54, 1.807) is 12.1 Å². The standard InChI is InChI=1S/C10H15NO/c1-8(11(2)3)9-5-4-6-10(12)7-9/h4-8,12H,1-3H3/t8-/m0/s1. The highest BCUT2D eigenvalue weighted by Gasteiger charge is 2.06. The van der Waals surface area contributed by atoms with E-state index >= 15 is 0 Å². The highest BCUT2D eigenvalue weighted by molar-refractivity contribution is 5.28. The molecule has 0 fully saturated rings. The zero-order valence-corrected chi connectivity index (χ0v) is 7.78. The number of phenols is 1. The molecule has 0 aromatic heterocycles. The average Bonchev–Trinajstić information content (AvgIpc) is 2.03. The summed E-state index contributed by atoms with van der Waals surface area (Å²) in [5.74, 6) is 0.334. The fourth-order valence-corrected chi connectivity index (χ4v) is 1.08. The van der Waals surface area contributed by atoms with Crippen LogP contribution < -0.4 is 0 Å². The van der Waals surface area contributed by atoms with Crippen molar-refractivity contribution in [1.29, 1.82) is 0 Å². The molecule has 12 heavy (non-hydrogen) atoms. The van der Waals surface area contributed by atoms with Crippen LogP contribution in [0.4, 0.5) is 0 Å². The molecule has 1 aromatic rings. The molecule has 1 rings (SSSR count). The molecular formula is C10H15NO. The Morgan fingerprint density at radius 1 is 1.33 bits per heavy atom. The van der Waals surface area contributed by atoms with Gasteiger partial charge in [0.15, 0.2) is 0 Å². The van der Waals surface area contributed by atoms with Gasteiger partial charge in [-0.3, -0.25) is 0 Å². The topological polar surface area (TPSA) is 23.5 Å². The minimum absolute atomic E-state index is 0.334. The fraction of sp³-hybridized carbons (Fsp3) is 0.400. The quantitative estimate of drug-likeness (QED) is 0.724. The summed E-state index contributed by atoms with van der Waals surface area (Å²) >= 11 is 0. The highest BCUT2D eigenvalue weighted by atomic mass is 16.3. The van der Waals surface area contributed by atoms with Crippen molar-refractivity contribution in [2.24, 2.45) is 0 Å². The lowest BCUT2D eigenvalue weighted by molar-refractivity contribution is 0.320. The minimum Gasteiger partial charge on any atom is -0.508 e. The van der Waals surface area contributed by atoms with Gasteiger partial charge < -0.3 is 10.0 Å². The number of aromatic hydroxyl groups is 1. The van der Waals surface area contributed by atoms with Gasteiger partial charge in [-0.1, -0.05) is 12.1 Å². The Bertz CT molecular complexity index is 258. The molecule has 0 saturated carbocycles. The van der Waals surface area contributed by atoms with Gasteiger partial charge in [0.1, 0.15) is 5.75 Å². The number of benzene rings is 1. The lowest BCUT2D eigenvalue weighted by Gasteiger charge is -2.19. The average molecular weight is 165 g/mol. The van der Waals surface area contributed by atoms with Crippen molar-refractivity contribution in [3.8, 4) is 5.75 Å². The zero-order chi connectivity index (χ0) is 9.14. The third-order valence-electron chi connectivity index (χ3n) is 2.13. The number of nitrogens with zero attached hydrogens (tertiary/aromatic N) is 1. The van der Waals surface area contributed by atoms with Gasteiger partial charge in [-0.15, -0.1) is 0 Å². The summed E-state index contributed by atoms with van der Waals surface area (Å²) in [5.41, 5.74) is 1.14. The van der Waals surface area contributed by atoms with Crippen LogP contribution in [0.25, 0.3) is 0 Å². The summed E-state index contributed by atoms with van der Waals surface area (Å²) < 4.78 is 0. The normalized spacial score (nSPS) is 13.3. The van der Waals surface area contributed by atoms with E-state index in [-0.39, 0.29) is 0 Å². The lowest BCUT2D eigenvalue weighted by atomic mass is 10.1. The van der Waals surface area contributed by atoms with Crippen molar-refractivity contribution in [2.45, 2.75) is 13.0 Å². The van der Waals surface area contributed by atoms with Crippen LogP contribution in [0, 0.1) is 0 Å². The van der Waals surface area contributed by atoms with Gasteiger partial charge in [0, 0.05) is 6.04 Å². The van der Waals surface area contributed by atoms with Crippen molar-refractivity contribution in [2.75, 3.05) is 14.1 Å². The number of phenolic OH excluding ortho intramolecular Hbond substituents is 1. The minimum atomic E-state index is 0.334. The van der Waals surface area contributed by atoms with Gasteiger partial charge in [-0.25, -0.2) is 0 Å². The van der Waals surface area contributed by atoms with Crippen LogP contribution in [0.5, 0.6) is 5.75 Å². The van der Waals surface area contributed by atoms with Crippen LogP contribution >= 0.6 is 0 Å². The van der Waals surface area contributed by atoms with E-state index < -0.39 is 0 Å². The maximum atomic E-state index is 9.23. The molecule has 0 unspecified atom stereocenters. The first-order chi connectivity index (χ1) is 5.61. The summed E-state index contributed by atoms with van der Waals surface area (Å²) in [6.45, 7) is 2.11. The van der Waals surface area contributed by atoms with E-state index in [0.717, 1.165) is 5.56 Å². The van der Waals surface area contributed by atoms with E-state index in [4.69, 9.17) is 0 Å². The molecule has 2 nitrogen and oxygen atoms in total. The predicted molar refractivity (Wildman–Crippen MR) is 50.2 cm³/mol. The molecule has 2 heteroatoms. The first-order valence-corrected chi connectivity index (χ1v) is 4.06. The molecule has 0 radical (unpaired) electrons. The molecule has 0 aliphatic carbocycles. The Hall–Kier alpha value is -1.02. The smallest absolute Gasteiger partial charge is 0.115 e. The first-order valence-electron chi connectivity index (χ1n) is 4.06. The van der Waals surface area contributed by atoms with E-state index in [1.165, 1.54) is 0 Å². The monoisotopic (exact) mass is 165 g/mol. The first kappa shape index (κ1) is 9.07. The van der Waals surface area contributed by atoms with Crippen LogP contribution in [0.2, 0.25) is 0 Å². The number of rotatable bonds is 2. The van der Waals surface area contributed by atoms with Crippen molar-refractivity contribution in [3.63, 3.8) is 0 Å². The van der Waals surface area contributed by atoms with Crippen molar-refractivity contribution >= 4 is 0 Å². The van der Waals surface area contributed by atoms with Gasteiger partial charge in [0.2, 0.25) is 0 Å². The molecule has 0 aliphatic rings. The van der Waals surface area contributed by atoms with Crippen LogP contribution in [0.1, 0.15) is 18.5 Å². The molecular weight excluding hydrogens is 150 g/mol. The Morgan fingerprint density at radius 2 is 2.00 bits per heavy atom. The van der Waals surface area contributed by atoms with Crippen molar-refractivity contribution in [3.05, 3.63) is 29.8 Å². The molecule has 66 valence electrons. The van der Waals surface area contributed by atoms with E-state index in [2.05, 4.69) is 11.8 Å². The molecule has 1 N–H and O–H groups in total. The Balaban J connectivity index is 2.88. The second kappa shape index (κ2) is 3.59. The summed E-state index contributed by atoms with van der Waals surface area (Å²) in [6, 6.07) is 7.71. The van der Waals surface area contributed by atoms with Gasteiger partial charge >= 0.3 is 0 Å². The van der Waals surface area contributed by atoms with Gasteiger partial charge in [0.05, 0.1) is 0 Å². The van der Waals surface area contributed by atoms with Crippen LogP contribution in [-0.2, 0) is 0 Å². The van der Waals surface area contributed by atoms with E-state index in [9.17, 15) is 5.11 Å². The molecule has 1 aromatic carbocycles. The molecule has 0 spiro atoms. The zero-order valence-electron chi connectivity index (χ0n) is 7.78. The second-order valence-electron chi connectivity index (χ2n) is 3.23. The lowest BCUT2D eigenvalue weighted by Crippen LogP contribution is -2.16. The SMILES string of the molecule is C[C@@H](c1cccc(O)c1)N(C)C. The second-order valence-corrected chi connectivity index (χ2v) is 3.23. The van der Waals surface area contributed by atoms with Crippen LogP contribution in [0.15, 0.2) is 24.3 Å².